The highest BCUT2D eigenvalue weighted by Gasteiger charge is 2.23. The lowest BCUT2D eigenvalue weighted by Crippen LogP contribution is -1.95. The first-order chi connectivity index (χ1) is 62.5. The van der Waals surface area contributed by atoms with Gasteiger partial charge in [0, 0.05) is 112 Å². The molecular weight excluding hydrogens is 1540 g/mol. The van der Waals surface area contributed by atoms with Crippen molar-refractivity contribution in [2.45, 2.75) is 0 Å². The van der Waals surface area contributed by atoms with Crippen molar-refractivity contribution in [2.75, 3.05) is 0 Å². The van der Waals surface area contributed by atoms with Crippen LogP contribution in [0.5, 0.6) is 0 Å². The van der Waals surface area contributed by atoms with Gasteiger partial charge in [0.25, 0.3) is 0 Å². The van der Waals surface area contributed by atoms with Crippen LogP contribution in [0.1, 0.15) is 0 Å². The third-order valence-corrected chi connectivity index (χ3v) is 25.5. The Bertz CT molecular complexity index is 8380. The first-order valence-electron chi connectivity index (χ1n) is 42.5. The molecule has 0 atom stereocenters. The number of aromatic nitrogens is 12. The molecule has 0 saturated heterocycles. The molecule has 0 N–H and O–H groups in total. The highest BCUT2D eigenvalue weighted by atomic mass is 15.0. The largest absolute Gasteiger partial charge is 0.309 e. The van der Waals surface area contributed by atoms with Gasteiger partial charge in [-0.3, -0.25) is 9.97 Å². The third-order valence-electron chi connectivity index (χ3n) is 25.5. The van der Waals surface area contributed by atoms with E-state index in [2.05, 4.69) is 433 Å². The highest BCUT2D eigenvalue weighted by Crippen LogP contribution is 2.45. The van der Waals surface area contributed by atoms with Crippen LogP contribution < -0.4 is 0 Å². The Balaban J connectivity index is 0.000000105. The van der Waals surface area contributed by atoms with E-state index < -0.39 is 0 Å². The molecule has 0 bridgehead atoms. The zero-order valence-electron chi connectivity index (χ0n) is 67.9. The van der Waals surface area contributed by atoms with Crippen molar-refractivity contribution in [3.63, 3.8) is 0 Å². The van der Waals surface area contributed by atoms with E-state index in [0.29, 0.717) is 0 Å². The van der Waals surface area contributed by atoms with Crippen LogP contribution in [0.4, 0.5) is 0 Å². The van der Waals surface area contributed by atoms with Gasteiger partial charge < -0.3 is 27.4 Å². The van der Waals surface area contributed by atoms with E-state index in [1.807, 2.05) is 49.6 Å². The van der Waals surface area contributed by atoms with E-state index in [9.17, 15) is 0 Å². The van der Waals surface area contributed by atoms with Crippen molar-refractivity contribution in [1.29, 1.82) is 0 Å². The summed E-state index contributed by atoms with van der Waals surface area (Å²) in [4.78, 5) is 25.5. The fourth-order valence-corrected chi connectivity index (χ4v) is 20.0. The summed E-state index contributed by atoms with van der Waals surface area (Å²) in [6, 6.07) is 136. The number of benzene rings is 17. The smallest absolute Gasteiger partial charge is 0.115 e. The van der Waals surface area contributed by atoms with Crippen molar-refractivity contribution < 1.29 is 0 Å². The maximum absolute atomic E-state index is 4.26. The average molecular weight is 1610 g/mol. The minimum atomic E-state index is 0.950. The molecule has 0 spiro atoms. The SMILES string of the molecule is c1ccc(-n2c3ccccc3c3cc(-c4ccc5c(c4)c4ccccc4n5-c4ccc5c6ccccc6c6ccccc6c5c4)ccc32)cc1.c1ccc2c(c1)c1cc(-c3ccc4c(c3)c3ccccc3n4-c3ccncc3)ccc1n2-c1ccncc1.c1ccc2c(c1)c1cc(-c3ccc4c(c3)c3ccccc3n4-c3cncnc3)ccc1n2-c1cncnc1. The maximum Gasteiger partial charge on any atom is 0.115 e. The molecular formula is C114H72N12. The summed E-state index contributed by atoms with van der Waals surface area (Å²) in [5.41, 5.74) is 27.8. The van der Waals surface area contributed by atoms with E-state index in [-0.39, 0.29) is 0 Å². The minimum absolute atomic E-state index is 0.950. The molecule has 10 aromatic heterocycles. The number of para-hydroxylation sites is 7. The number of fused-ring (bicyclic) bond motifs is 24. The molecule has 12 heteroatoms. The molecule has 588 valence electrons. The lowest BCUT2D eigenvalue weighted by atomic mass is 9.94. The van der Waals surface area contributed by atoms with Gasteiger partial charge in [-0.25, -0.2) is 19.9 Å². The van der Waals surface area contributed by atoms with Crippen LogP contribution in [0.25, 0.3) is 231 Å². The molecule has 0 fully saturated rings. The van der Waals surface area contributed by atoms with E-state index >= 15 is 0 Å². The third kappa shape index (κ3) is 11.5. The van der Waals surface area contributed by atoms with Crippen LogP contribution in [0.15, 0.2) is 438 Å². The van der Waals surface area contributed by atoms with Crippen LogP contribution in [-0.4, -0.2) is 57.3 Å². The predicted octanol–water partition coefficient (Wildman–Crippen LogP) is 28.5. The average Bonchev–Trinajstić information content (AvgIpc) is 1.52. The summed E-state index contributed by atoms with van der Waals surface area (Å²) in [7, 11) is 0. The molecule has 0 aliphatic carbocycles. The van der Waals surface area contributed by atoms with Crippen molar-refractivity contribution >= 4 is 163 Å². The van der Waals surface area contributed by atoms with Crippen LogP contribution in [0.3, 0.4) is 0 Å². The molecule has 0 unspecified atom stereocenters. The summed E-state index contributed by atoms with van der Waals surface area (Å²) >= 11 is 0. The molecule has 10 heterocycles. The highest BCUT2D eigenvalue weighted by molar-refractivity contribution is 6.26. The van der Waals surface area contributed by atoms with E-state index in [4.69, 9.17) is 0 Å². The topological polar surface area (TPSA) is 107 Å². The van der Waals surface area contributed by atoms with E-state index in [0.717, 1.165) is 44.8 Å². The molecule has 0 aliphatic rings. The lowest BCUT2D eigenvalue weighted by molar-refractivity contribution is 1.07. The molecule has 0 radical (unpaired) electrons. The number of pyridine rings is 2. The lowest BCUT2D eigenvalue weighted by Gasteiger charge is -2.14. The normalized spacial score (nSPS) is 11.8. The molecule has 27 aromatic rings. The van der Waals surface area contributed by atoms with Crippen LogP contribution in [0.2, 0.25) is 0 Å². The van der Waals surface area contributed by atoms with Crippen LogP contribution in [-0.2, 0) is 0 Å². The van der Waals surface area contributed by atoms with Gasteiger partial charge in [0.05, 0.1) is 102 Å². The summed E-state index contributed by atoms with van der Waals surface area (Å²) in [5, 5.41) is 22.6. The Labute approximate surface area is 721 Å². The monoisotopic (exact) mass is 1610 g/mol. The van der Waals surface area contributed by atoms with Gasteiger partial charge in [-0.2, -0.15) is 0 Å². The quantitative estimate of drug-likeness (QED) is 0.133. The molecule has 0 amide bonds. The van der Waals surface area contributed by atoms with Gasteiger partial charge in [-0.05, 0) is 223 Å². The van der Waals surface area contributed by atoms with Gasteiger partial charge in [0.1, 0.15) is 12.7 Å². The van der Waals surface area contributed by atoms with Gasteiger partial charge in [-0.15, -0.1) is 0 Å². The zero-order valence-corrected chi connectivity index (χ0v) is 67.9. The minimum Gasteiger partial charge on any atom is -0.309 e. The van der Waals surface area contributed by atoms with Gasteiger partial charge >= 0.3 is 0 Å². The first-order valence-corrected chi connectivity index (χ1v) is 42.5. The van der Waals surface area contributed by atoms with Gasteiger partial charge in [-0.1, -0.05) is 218 Å². The summed E-state index contributed by atoms with van der Waals surface area (Å²) in [6.45, 7) is 0. The molecule has 0 saturated carbocycles. The Morgan fingerprint density at radius 3 is 0.627 bits per heavy atom. The summed E-state index contributed by atoms with van der Waals surface area (Å²) < 4.78 is 13.9. The Kier molecular flexibility index (Phi) is 16.7. The fourth-order valence-electron chi connectivity index (χ4n) is 20.0. The molecule has 27 rings (SSSR count). The van der Waals surface area contributed by atoms with E-state index in [1.54, 1.807) is 12.7 Å². The fraction of sp³-hybridized carbons (Fsp3) is 0. The summed E-state index contributed by atoms with van der Waals surface area (Å²) in [5.74, 6) is 0. The standard InChI is InChI=1S/C48H30N2.C34H22N4.C32H20N6/c1-2-12-33(13-3-1)49-45-20-10-8-18-40(45)43-28-31(22-26-47(43)49)32-23-27-48-44(29-32)41-19-9-11-21-46(41)50(48)34-24-25-39-37-16-5-4-14-35(37)36-15-6-7-17-38(36)42(39)30-34;1-3-7-31-27(5-1)29-21-23(9-11-33(29)37(31)25-13-17-35-18-14-25)24-10-12-34-30(22-24)28-6-2-4-8-32(28)38(34)26-15-19-36-20-16-26;1-3-7-29-25(5-1)27-13-21(9-11-31(27)37(29)23-15-33-19-34-16-23)22-10-12-32-28(14-22)26-6-2-4-8-30(26)38(32)24-17-35-20-36-18-24/h1-30H;1-22H;1-20H. The van der Waals surface area contributed by atoms with Gasteiger partial charge in [0.15, 0.2) is 0 Å². The number of nitrogens with zero attached hydrogens (tertiary/aromatic N) is 12. The van der Waals surface area contributed by atoms with Crippen molar-refractivity contribution in [2.24, 2.45) is 0 Å². The Morgan fingerprint density at radius 1 is 0.127 bits per heavy atom. The Hall–Kier alpha value is -17.2. The predicted molar refractivity (Wildman–Crippen MR) is 521 cm³/mol. The summed E-state index contributed by atoms with van der Waals surface area (Å²) in [6.07, 6.45) is 17.9. The number of hydrogen-bond donors (Lipinski definition) is 0. The molecule has 12 nitrogen and oxygen atoms in total. The Morgan fingerprint density at radius 2 is 0.341 bits per heavy atom. The molecule has 0 aliphatic heterocycles. The second-order valence-electron chi connectivity index (χ2n) is 32.3. The number of rotatable bonds is 9. The van der Waals surface area contributed by atoms with Crippen LogP contribution >= 0.6 is 0 Å². The van der Waals surface area contributed by atoms with Crippen molar-refractivity contribution in [3.8, 4) is 67.5 Å². The second-order valence-corrected chi connectivity index (χ2v) is 32.3. The maximum atomic E-state index is 4.26. The first kappa shape index (κ1) is 71.7. The van der Waals surface area contributed by atoms with Gasteiger partial charge in [0.2, 0.25) is 0 Å². The van der Waals surface area contributed by atoms with Crippen molar-refractivity contribution in [3.05, 3.63) is 438 Å². The van der Waals surface area contributed by atoms with Crippen LogP contribution in [0, 0.1) is 0 Å². The second kappa shape index (κ2) is 29.3. The molecule has 17 aromatic carbocycles. The zero-order chi connectivity index (χ0) is 82.9. The molecule has 126 heavy (non-hydrogen) atoms. The van der Waals surface area contributed by atoms with E-state index in [1.165, 1.54) is 186 Å². The van der Waals surface area contributed by atoms with Crippen molar-refractivity contribution in [1.82, 2.24) is 57.3 Å². The number of hydrogen-bond acceptors (Lipinski definition) is 6.